The van der Waals surface area contributed by atoms with Crippen LogP contribution in [0.15, 0.2) is 33.2 Å². The number of aromatic nitrogens is 3. The molecule has 1 aliphatic rings. The van der Waals surface area contributed by atoms with Crippen LogP contribution in [0.1, 0.15) is 12.1 Å². The summed E-state index contributed by atoms with van der Waals surface area (Å²) in [4.78, 5) is 4.40. The van der Waals surface area contributed by atoms with Crippen molar-refractivity contribution < 1.29 is 9.15 Å². The van der Waals surface area contributed by atoms with E-state index >= 15 is 0 Å². The minimum atomic E-state index is 0.495. The van der Waals surface area contributed by atoms with Gasteiger partial charge in [-0.15, -0.1) is 0 Å². The maximum Gasteiger partial charge on any atom is 0.296 e. The standard InChI is InChI=1S/C14H13BrN4O2/c15-9-2-3-12-11(6-9)17-14(21-12)16-8-10-7-13-19(18-10)4-1-5-20-13/h2-3,6-7H,1,4-5,8H2,(H,16,17). The molecule has 0 spiro atoms. The maximum atomic E-state index is 5.64. The first-order chi connectivity index (χ1) is 10.3. The van der Waals surface area contributed by atoms with Crippen molar-refractivity contribution in [1.29, 1.82) is 0 Å². The van der Waals surface area contributed by atoms with E-state index in [9.17, 15) is 0 Å². The van der Waals surface area contributed by atoms with E-state index in [4.69, 9.17) is 9.15 Å². The summed E-state index contributed by atoms with van der Waals surface area (Å²) in [5.74, 6) is 0.833. The molecule has 0 saturated carbocycles. The average Bonchev–Trinajstić information content (AvgIpc) is 3.07. The lowest BCUT2D eigenvalue weighted by atomic mass is 10.3. The van der Waals surface area contributed by atoms with E-state index in [0.29, 0.717) is 12.6 Å². The number of oxazole rings is 1. The Morgan fingerprint density at radius 3 is 3.19 bits per heavy atom. The zero-order valence-corrected chi connectivity index (χ0v) is 12.8. The van der Waals surface area contributed by atoms with E-state index in [0.717, 1.165) is 46.7 Å². The molecule has 2 aromatic heterocycles. The summed E-state index contributed by atoms with van der Waals surface area (Å²) in [5.41, 5.74) is 2.49. The molecular weight excluding hydrogens is 336 g/mol. The second-order valence-electron chi connectivity index (χ2n) is 4.88. The van der Waals surface area contributed by atoms with E-state index in [1.54, 1.807) is 0 Å². The van der Waals surface area contributed by atoms with Crippen molar-refractivity contribution in [3.05, 3.63) is 34.4 Å². The normalized spacial score (nSPS) is 14.0. The third-order valence-corrected chi connectivity index (χ3v) is 3.82. The summed E-state index contributed by atoms with van der Waals surface area (Å²) in [7, 11) is 0. The number of nitrogens with one attached hydrogen (secondary N) is 1. The van der Waals surface area contributed by atoms with Crippen LogP contribution in [-0.4, -0.2) is 21.4 Å². The van der Waals surface area contributed by atoms with E-state index in [-0.39, 0.29) is 0 Å². The molecule has 4 rings (SSSR count). The number of rotatable bonds is 3. The topological polar surface area (TPSA) is 65.1 Å². The molecule has 1 N–H and O–H groups in total. The summed E-state index contributed by atoms with van der Waals surface area (Å²) in [6, 6.07) is 8.19. The molecule has 0 radical (unpaired) electrons. The largest absolute Gasteiger partial charge is 0.478 e. The van der Waals surface area contributed by atoms with Crippen molar-refractivity contribution in [1.82, 2.24) is 14.8 Å². The second kappa shape index (κ2) is 5.07. The number of fused-ring (bicyclic) bond motifs is 2. The summed E-state index contributed by atoms with van der Waals surface area (Å²) in [5, 5.41) is 7.64. The number of benzene rings is 1. The predicted octanol–water partition coefficient (Wildman–Crippen LogP) is 3.18. The molecule has 21 heavy (non-hydrogen) atoms. The summed E-state index contributed by atoms with van der Waals surface area (Å²) in [6.07, 6.45) is 1.00. The van der Waals surface area contributed by atoms with Crippen LogP contribution in [-0.2, 0) is 13.1 Å². The molecule has 1 aromatic carbocycles. The molecule has 7 heteroatoms. The van der Waals surface area contributed by atoms with Crippen molar-refractivity contribution in [2.45, 2.75) is 19.5 Å². The molecule has 0 unspecified atom stereocenters. The molecule has 3 heterocycles. The number of ether oxygens (including phenoxy) is 1. The molecule has 0 aliphatic carbocycles. The Kier molecular flexibility index (Phi) is 3.07. The Morgan fingerprint density at radius 2 is 2.29 bits per heavy atom. The van der Waals surface area contributed by atoms with Gasteiger partial charge in [0.15, 0.2) is 5.58 Å². The van der Waals surface area contributed by atoms with Crippen LogP contribution in [0.5, 0.6) is 5.88 Å². The Bertz CT molecular complexity index is 772. The van der Waals surface area contributed by atoms with Gasteiger partial charge < -0.3 is 14.5 Å². The van der Waals surface area contributed by atoms with Crippen LogP contribution in [0, 0.1) is 0 Å². The molecule has 0 amide bonds. The quantitative estimate of drug-likeness (QED) is 0.787. The van der Waals surface area contributed by atoms with Gasteiger partial charge in [0.1, 0.15) is 5.52 Å². The highest BCUT2D eigenvalue weighted by Crippen LogP contribution is 2.23. The minimum Gasteiger partial charge on any atom is -0.478 e. The van der Waals surface area contributed by atoms with Gasteiger partial charge in [0.2, 0.25) is 5.88 Å². The fraction of sp³-hybridized carbons (Fsp3) is 0.286. The number of hydrogen-bond donors (Lipinski definition) is 1. The SMILES string of the molecule is Brc1ccc2oc(NCc3cc4n(n3)CCCO4)nc2c1. The first kappa shape index (κ1) is 12.7. The first-order valence-corrected chi connectivity index (χ1v) is 7.57. The Hall–Kier alpha value is -2.02. The summed E-state index contributed by atoms with van der Waals surface area (Å²) < 4.78 is 14.1. The zero-order chi connectivity index (χ0) is 14.2. The molecule has 3 aromatic rings. The van der Waals surface area contributed by atoms with Crippen LogP contribution in [0.3, 0.4) is 0 Å². The van der Waals surface area contributed by atoms with Crippen LogP contribution in [0.25, 0.3) is 11.1 Å². The number of hydrogen-bond acceptors (Lipinski definition) is 5. The fourth-order valence-electron chi connectivity index (χ4n) is 2.35. The summed E-state index contributed by atoms with van der Waals surface area (Å²) >= 11 is 3.42. The van der Waals surface area contributed by atoms with Gasteiger partial charge in [0, 0.05) is 23.5 Å². The highest BCUT2D eigenvalue weighted by Gasteiger charge is 2.13. The van der Waals surface area contributed by atoms with E-state index in [1.165, 1.54) is 0 Å². The van der Waals surface area contributed by atoms with E-state index < -0.39 is 0 Å². The third-order valence-electron chi connectivity index (χ3n) is 3.33. The molecular formula is C14H13BrN4O2. The Balaban J connectivity index is 1.51. The Labute approximate surface area is 129 Å². The van der Waals surface area contributed by atoms with Crippen LogP contribution >= 0.6 is 15.9 Å². The van der Waals surface area contributed by atoms with Gasteiger partial charge in [-0.3, -0.25) is 0 Å². The number of anilines is 1. The van der Waals surface area contributed by atoms with Crippen molar-refractivity contribution in [3.8, 4) is 5.88 Å². The number of nitrogens with zero attached hydrogens (tertiary/aromatic N) is 3. The monoisotopic (exact) mass is 348 g/mol. The molecule has 1 aliphatic heterocycles. The van der Waals surface area contributed by atoms with E-state index in [1.807, 2.05) is 28.9 Å². The lowest BCUT2D eigenvalue weighted by Crippen LogP contribution is -2.14. The lowest BCUT2D eigenvalue weighted by Gasteiger charge is -2.13. The minimum absolute atomic E-state index is 0.495. The third kappa shape index (κ3) is 2.49. The zero-order valence-electron chi connectivity index (χ0n) is 11.2. The van der Waals surface area contributed by atoms with Crippen molar-refractivity contribution in [3.63, 3.8) is 0 Å². The van der Waals surface area contributed by atoms with Crippen LogP contribution < -0.4 is 10.1 Å². The molecule has 0 atom stereocenters. The van der Waals surface area contributed by atoms with Gasteiger partial charge >= 0.3 is 0 Å². The van der Waals surface area contributed by atoms with Gasteiger partial charge in [-0.2, -0.15) is 10.1 Å². The number of aryl methyl sites for hydroxylation is 1. The average molecular weight is 349 g/mol. The first-order valence-electron chi connectivity index (χ1n) is 6.77. The van der Waals surface area contributed by atoms with Crippen LogP contribution in [0.4, 0.5) is 6.01 Å². The van der Waals surface area contributed by atoms with Gasteiger partial charge in [-0.1, -0.05) is 15.9 Å². The van der Waals surface area contributed by atoms with Gasteiger partial charge in [-0.25, -0.2) is 4.68 Å². The molecule has 108 valence electrons. The fourth-order valence-corrected chi connectivity index (χ4v) is 2.70. The molecule has 0 fully saturated rings. The summed E-state index contributed by atoms with van der Waals surface area (Å²) in [6.45, 7) is 2.22. The van der Waals surface area contributed by atoms with Crippen LogP contribution in [0.2, 0.25) is 0 Å². The second-order valence-corrected chi connectivity index (χ2v) is 5.80. The smallest absolute Gasteiger partial charge is 0.296 e. The highest BCUT2D eigenvalue weighted by atomic mass is 79.9. The molecule has 6 nitrogen and oxygen atoms in total. The van der Waals surface area contributed by atoms with E-state index in [2.05, 4.69) is 31.3 Å². The van der Waals surface area contributed by atoms with Gasteiger partial charge in [-0.05, 0) is 18.2 Å². The maximum absolute atomic E-state index is 5.64. The van der Waals surface area contributed by atoms with Gasteiger partial charge in [0.25, 0.3) is 6.01 Å². The molecule has 0 saturated heterocycles. The van der Waals surface area contributed by atoms with Crippen molar-refractivity contribution in [2.75, 3.05) is 11.9 Å². The van der Waals surface area contributed by atoms with Crippen molar-refractivity contribution in [2.24, 2.45) is 0 Å². The Morgan fingerprint density at radius 1 is 1.33 bits per heavy atom. The van der Waals surface area contributed by atoms with Crippen molar-refractivity contribution >= 4 is 33.0 Å². The lowest BCUT2D eigenvalue weighted by molar-refractivity contribution is 0.230. The van der Waals surface area contributed by atoms with Gasteiger partial charge in [0.05, 0.1) is 18.8 Å². The number of halogens is 1. The molecule has 0 bridgehead atoms. The predicted molar refractivity (Wildman–Crippen MR) is 81.4 cm³/mol. The highest BCUT2D eigenvalue weighted by molar-refractivity contribution is 9.10.